The fourth-order valence-corrected chi connectivity index (χ4v) is 5.08. The molecular formula is C18H29NO4. The van der Waals surface area contributed by atoms with Crippen LogP contribution < -0.4 is 0 Å². The van der Waals surface area contributed by atoms with E-state index in [1.54, 1.807) is 0 Å². The van der Waals surface area contributed by atoms with E-state index in [4.69, 9.17) is 0 Å². The highest BCUT2D eigenvalue weighted by atomic mass is 16.6. The summed E-state index contributed by atoms with van der Waals surface area (Å²) >= 11 is 0. The summed E-state index contributed by atoms with van der Waals surface area (Å²) in [6.45, 7) is 9.74. The van der Waals surface area contributed by atoms with Crippen molar-refractivity contribution in [1.82, 2.24) is 0 Å². The minimum atomic E-state index is -0.900. The number of rotatable bonds is 6. The van der Waals surface area contributed by atoms with Gasteiger partial charge in [0.25, 0.3) is 0 Å². The molecule has 0 heterocycles. The second kappa shape index (κ2) is 5.91. The Morgan fingerprint density at radius 1 is 1.52 bits per heavy atom. The molecule has 2 aliphatic rings. The van der Waals surface area contributed by atoms with Crippen LogP contribution >= 0.6 is 0 Å². The summed E-state index contributed by atoms with van der Waals surface area (Å²) in [5, 5.41) is 21.1. The van der Waals surface area contributed by atoms with E-state index in [2.05, 4.69) is 19.9 Å². The standard InChI is InChI=1S/C18H29NO4/c1-6-11(2)12-7-13-9-18(10-19(22)23,14(13)8-12)15(16(20)21)17(3,4)5/h8,11,13-15H,6-7,9-10H2,1-5H3,(H,20,21)/t11?,13-,14+,15?,18+/m1/s1. The molecule has 0 bridgehead atoms. The molecule has 0 aromatic carbocycles. The SMILES string of the molecule is CCC(C)C1=C[C@H]2[C@H](C1)C[C@@]2(C[N+](=O)[O-])C(C(=O)O)C(C)(C)C. The first-order chi connectivity index (χ1) is 10.5. The minimum Gasteiger partial charge on any atom is -0.481 e. The summed E-state index contributed by atoms with van der Waals surface area (Å²) < 4.78 is 0. The molecule has 1 fully saturated rings. The molecule has 0 radical (unpaired) electrons. The van der Waals surface area contributed by atoms with Gasteiger partial charge in [-0.2, -0.15) is 0 Å². The van der Waals surface area contributed by atoms with Gasteiger partial charge in [-0.1, -0.05) is 46.3 Å². The Bertz CT molecular complexity index is 534. The second-order valence-electron chi connectivity index (χ2n) is 8.61. The lowest BCUT2D eigenvalue weighted by Crippen LogP contribution is -2.59. The molecule has 0 saturated heterocycles. The molecule has 0 aromatic heterocycles. The van der Waals surface area contributed by atoms with Gasteiger partial charge in [0.15, 0.2) is 0 Å². The summed E-state index contributed by atoms with van der Waals surface area (Å²) in [4.78, 5) is 23.0. The molecule has 1 saturated carbocycles. The maximum absolute atomic E-state index is 12.0. The molecule has 2 unspecified atom stereocenters. The highest BCUT2D eigenvalue weighted by Gasteiger charge is 2.65. The predicted octanol–water partition coefficient (Wildman–Crippen LogP) is 4.01. The fourth-order valence-electron chi connectivity index (χ4n) is 5.08. The highest BCUT2D eigenvalue weighted by Crippen LogP contribution is 2.65. The van der Waals surface area contributed by atoms with Crippen molar-refractivity contribution < 1.29 is 14.8 Å². The van der Waals surface area contributed by atoms with Gasteiger partial charge in [-0.15, -0.1) is 0 Å². The van der Waals surface area contributed by atoms with Crippen LogP contribution in [-0.2, 0) is 4.79 Å². The molecule has 0 aliphatic heterocycles. The van der Waals surface area contributed by atoms with Gasteiger partial charge >= 0.3 is 5.97 Å². The van der Waals surface area contributed by atoms with Crippen LogP contribution in [0.5, 0.6) is 0 Å². The Kier molecular flexibility index (Phi) is 4.62. The number of nitrogens with zero attached hydrogens (tertiary/aromatic N) is 1. The molecule has 5 heteroatoms. The van der Waals surface area contributed by atoms with E-state index < -0.39 is 22.7 Å². The Balaban J connectivity index is 2.41. The largest absolute Gasteiger partial charge is 0.481 e. The normalized spacial score (nSPS) is 32.5. The van der Waals surface area contributed by atoms with Crippen molar-refractivity contribution in [3.8, 4) is 0 Å². The molecule has 5 nitrogen and oxygen atoms in total. The monoisotopic (exact) mass is 323 g/mol. The van der Waals surface area contributed by atoms with Gasteiger partial charge in [-0.25, -0.2) is 0 Å². The van der Waals surface area contributed by atoms with Crippen molar-refractivity contribution in [2.24, 2.45) is 34.5 Å². The fraction of sp³-hybridized carbons (Fsp3) is 0.833. The Morgan fingerprint density at radius 2 is 2.13 bits per heavy atom. The van der Waals surface area contributed by atoms with Crippen molar-refractivity contribution in [2.45, 2.75) is 53.9 Å². The molecule has 23 heavy (non-hydrogen) atoms. The van der Waals surface area contributed by atoms with Crippen LogP contribution in [0, 0.1) is 44.6 Å². The third-order valence-electron chi connectivity index (χ3n) is 6.06. The molecule has 2 aliphatic carbocycles. The number of fused-ring (bicyclic) bond motifs is 1. The lowest BCUT2D eigenvalue weighted by Gasteiger charge is -2.55. The van der Waals surface area contributed by atoms with E-state index in [1.165, 1.54) is 5.57 Å². The average Bonchev–Trinajstić information content (AvgIpc) is 2.73. The van der Waals surface area contributed by atoms with E-state index in [0.29, 0.717) is 18.3 Å². The number of hydrogen-bond donors (Lipinski definition) is 1. The van der Waals surface area contributed by atoms with Gasteiger partial charge < -0.3 is 5.11 Å². The summed E-state index contributed by atoms with van der Waals surface area (Å²) in [6.07, 6.45) is 4.88. The lowest BCUT2D eigenvalue weighted by atomic mass is 9.46. The zero-order valence-electron chi connectivity index (χ0n) is 14.8. The van der Waals surface area contributed by atoms with Gasteiger partial charge in [0.2, 0.25) is 6.54 Å². The molecule has 0 spiro atoms. The quantitative estimate of drug-likeness (QED) is 0.455. The van der Waals surface area contributed by atoms with Crippen molar-refractivity contribution >= 4 is 5.97 Å². The van der Waals surface area contributed by atoms with Crippen LogP contribution in [0.2, 0.25) is 0 Å². The number of carboxylic acids is 1. The van der Waals surface area contributed by atoms with E-state index in [1.807, 2.05) is 20.8 Å². The smallest absolute Gasteiger partial charge is 0.307 e. The van der Waals surface area contributed by atoms with Gasteiger partial charge in [-0.3, -0.25) is 14.9 Å². The van der Waals surface area contributed by atoms with Crippen molar-refractivity contribution in [1.29, 1.82) is 0 Å². The second-order valence-corrected chi connectivity index (χ2v) is 8.61. The van der Waals surface area contributed by atoms with Crippen LogP contribution in [0.25, 0.3) is 0 Å². The van der Waals surface area contributed by atoms with Crippen molar-refractivity contribution in [3.63, 3.8) is 0 Å². The first-order valence-electron chi connectivity index (χ1n) is 8.58. The zero-order valence-corrected chi connectivity index (χ0v) is 14.8. The summed E-state index contributed by atoms with van der Waals surface area (Å²) in [5.41, 5.74) is 0.124. The van der Waals surface area contributed by atoms with Crippen molar-refractivity contribution in [2.75, 3.05) is 6.54 Å². The van der Waals surface area contributed by atoms with Crippen molar-refractivity contribution in [3.05, 3.63) is 21.8 Å². The number of nitro groups is 1. The van der Waals surface area contributed by atoms with Gasteiger partial charge in [0.05, 0.1) is 11.3 Å². The number of carbonyl (C=O) groups is 1. The summed E-state index contributed by atoms with van der Waals surface area (Å²) in [5.74, 6) is -0.690. The molecular weight excluding hydrogens is 294 g/mol. The third-order valence-corrected chi connectivity index (χ3v) is 6.06. The third kappa shape index (κ3) is 3.02. The van der Waals surface area contributed by atoms with Gasteiger partial charge in [0.1, 0.15) is 0 Å². The van der Waals surface area contributed by atoms with Crippen LogP contribution in [-0.4, -0.2) is 22.5 Å². The highest BCUT2D eigenvalue weighted by molar-refractivity contribution is 5.72. The first-order valence-corrected chi connectivity index (χ1v) is 8.58. The maximum Gasteiger partial charge on any atom is 0.307 e. The van der Waals surface area contributed by atoms with E-state index in [0.717, 1.165) is 12.8 Å². The molecule has 130 valence electrons. The van der Waals surface area contributed by atoms with Crippen LogP contribution in [0.4, 0.5) is 0 Å². The van der Waals surface area contributed by atoms with Crippen LogP contribution in [0.15, 0.2) is 11.6 Å². The predicted molar refractivity (Wildman–Crippen MR) is 88.6 cm³/mol. The number of carboxylic acid groups (broad SMARTS) is 1. The minimum absolute atomic E-state index is 0.0391. The van der Waals surface area contributed by atoms with Crippen LogP contribution in [0.1, 0.15) is 53.9 Å². The zero-order chi connectivity index (χ0) is 17.6. The Morgan fingerprint density at radius 3 is 2.57 bits per heavy atom. The molecule has 0 amide bonds. The topological polar surface area (TPSA) is 80.4 Å². The number of hydrogen-bond acceptors (Lipinski definition) is 3. The summed E-state index contributed by atoms with van der Waals surface area (Å²) in [7, 11) is 0. The molecule has 1 N–H and O–H groups in total. The average molecular weight is 323 g/mol. The van der Waals surface area contributed by atoms with Gasteiger partial charge in [-0.05, 0) is 42.4 Å². The Labute approximate surface area is 138 Å². The number of allylic oxidation sites excluding steroid dienone is 2. The van der Waals surface area contributed by atoms with E-state index in [9.17, 15) is 20.0 Å². The van der Waals surface area contributed by atoms with Crippen LogP contribution in [0.3, 0.4) is 0 Å². The molecule has 0 aromatic rings. The van der Waals surface area contributed by atoms with E-state index >= 15 is 0 Å². The maximum atomic E-state index is 12.0. The first kappa shape index (κ1) is 18.0. The molecule has 5 atom stereocenters. The lowest BCUT2D eigenvalue weighted by molar-refractivity contribution is -0.510. The molecule has 2 rings (SSSR count). The van der Waals surface area contributed by atoms with E-state index in [-0.39, 0.29) is 17.4 Å². The summed E-state index contributed by atoms with van der Waals surface area (Å²) in [6, 6.07) is 0. The van der Waals surface area contributed by atoms with Gasteiger partial charge in [0, 0.05) is 4.92 Å². The Hall–Kier alpha value is -1.39. The number of aliphatic carboxylic acids is 1.